The fourth-order valence-electron chi connectivity index (χ4n) is 3.11. The quantitative estimate of drug-likeness (QED) is 0.881. The summed E-state index contributed by atoms with van der Waals surface area (Å²) in [5.41, 5.74) is 2.69. The standard InChI is InChI=1S/C17H25NO2/c1-12-4-3-5-14(8-12)10-17(20)18-16-9-15(11-19)7-6-13(16)2/h6-7,9,12,14,19H,3-5,8,10-11H2,1-2H3,(H,18,20). The minimum absolute atomic E-state index is 0.00326. The average Bonchev–Trinajstić information content (AvgIpc) is 2.41. The highest BCUT2D eigenvalue weighted by atomic mass is 16.3. The third kappa shape index (κ3) is 4.07. The van der Waals surface area contributed by atoms with Crippen LogP contribution in [0.1, 0.15) is 50.2 Å². The first-order valence-electron chi connectivity index (χ1n) is 7.58. The summed E-state index contributed by atoms with van der Waals surface area (Å²) in [5.74, 6) is 1.38. The fourth-order valence-corrected chi connectivity index (χ4v) is 3.11. The lowest BCUT2D eigenvalue weighted by Gasteiger charge is -2.26. The van der Waals surface area contributed by atoms with Crippen LogP contribution in [0.2, 0.25) is 0 Å². The van der Waals surface area contributed by atoms with Gasteiger partial charge in [-0.3, -0.25) is 4.79 Å². The van der Waals surface area contributed by atoms with Gasteiger partial charge < -0.3 is 10.4 Å². The summed E-state index contributed by atoms with van der Waals surface area (Å²) in [4.78, 5) is 12.2. The maximum atomic E-state index is 12.2. The van der Waals surface area contributed by atoms with Crippen molar-refractivity contribution in [1.29, 1.82) is 0 Å². The van der Waals surface area contributed by atoms with E-state index in [1.165, 1.54) is 25.7 Å². The minimum Gasteiger partial charge on any atom is -0.392 e. The molecule has 3 heteroatoms. The van der Waals surface area contributed by atoms with Gasteiger partial charge in [0.15, 0.2) is 0 Å². The summed E-state index contributed by atoms with van der Waals surface area (Å²) in [6, 6.07) is 5.67. The van der Waals surface area contributed by atoms with E-state index in [4.69, 9.17) is 5.11 Å². The van der Waals surface area contributed by atoms with E-state index in [9.17, 15) is 4.79 Å². The molecule has 0 spiro atoms. The molecule has 0 aliphatic heterocycles. The number of hydrogen-bond donors (Lipinski definition) is 2. The number of carbonyl (C=O) groups is 1. The van der Waals surface area contributed by atoms with Crippen LogP contribution in [0.5, 0.6) is 0 Å². The van der Waals surface area contributed by atoms with E-state index in [1.807, 2.05) is 25.1 Å². The maximum Gasteiger partial charge on any atom is 0.224 e. The molecule has 2 rings (SSSR count). The Morgan fingerprint density at radius 2 is 2.20 bits per heavy atom. The molecule has 3 nitrogen and oxygen atoms in total. The molecule has 0 bridgehead atoms. The van der Waals surface area contributed by atoms with Gasteiger partial charge in [-0.15, -0.1) is 0 Å². The zero-order chi connectivity index (χ0) is 14.5. The van der Waals surface area contributed by atoms with Crippen molar-refractivity contribution in [3.8, 4) is 0 Å². The van der Waals surface area contributed by atoms with Gasteiger partial charge in [-0.2, -0.15) is 0 Å². The number of aliphatic hydroxyl groups is 1. The molecule has 1 aliphatic carbocycles. The normalized spacial score (nSPS) is 22.6. The van der Waals surface area contributed by atoms with Gasteiger partial charge in [-0.25, -0.2) is 0 Å². The molecule has 2 atom stereocenters. The van der Waals surface area contributed by atoms with E-state index < -0.39 is 0 Å². The number of rotatable bonds is 4. The summed E-state index contributed by atoms with van der Waals surface area (Å²) < 4.78 is 0. The Hall–Kier alpha value is -1.35. The Kier molecular flexibility index (Phi) is 5.18. The monoisotopic (exact) mass is 275 g/mol. The van der Waals surface area contributed by atoms with E-state index >= 15 is 0 Å². The van der Waals surface area contributed by atoms with Crippen molar-refractivity contribution in [3.05, 3.63) is 29.3 Å². The Morgan fingerprint density at radius 3 is 2.90 bits per heavy atom. The molecule has 1 saturated carbocycles. The zero-order valence-corrected chi connectivity index (χ0v) is 12.5. The number of carbonyl (C=O) groups excluding carboxylic acids is 1. The van der Waals surface area contributed by atoms with Crippen LogP contribution < -0.4 is 5.32 Å². The van der Waals surface area contributed by atoms with E-state index in [-0.39, 0.29) is 12.5 Å². The summed E-state index contributed by atoms with van der Waals surface area (Å²) in [5, 5.41) is 12.2. The first kappa shape index (κ1) is 15.0. The number of anilines is 1. The molecule has 0 aromatic heterocycles. The molecule has 110 valence electrons. The van der Waals surface area contributed by atoms with Gasteiger partial charge in [-0.05, 0) is 48.8 Å². The van der Waals surface area contributed by atoms with Crippen molar-refractivity contribution < 1.29 is 9.90 Å². The van der Waals surface area contributed by atoms with Crippen LogP contribution in [0.3, 0.4) is 0 Å². The van der Waals surface area contributed by atoms with Gasteiger partial charge in [0.05, 0.1) is 6.61 Å². The minimum atomic E-state index is 0.00326. The van der Waals surface area contributed by atoms with Crippen molar-refractivity contribution in [1.82, 2.24) is 0 Å². The summed E-state index contributed by atoms with van der Waals surface area (Å²) in [6.07, 6.45) is 5.51. The van der Waals surface area contributed by atoms with Gasteiger partial charge in [0.1, 0.15) is 0 Å². The molecule has 20 heavy (non-hydrogen) atoms. The van der Waals surface area contributed by atoms with Crippen molar-refractivity contribution in [2.24, 2.45) is 11.8 Å². The Labute approximate surface area is 121 Å². The third-order valence-corrected chi connectivity index (χ3v) is 4.28. The van der Waals surface area contributed by atoms with Gasteiger partial charge >= 0.3 is 0 Å². The van der Waals surface area contributed by atoms with E-state index in [0.717, 1.165) is 22.7 Å². The van der Waals surface area contributed by atoms with Crippen LogP contribution in [0.15, 0.2) is 18.2 Å². The lowest BCUT2D eigenvalue weighted by atomic mass is 9.81. The maximum absolute atomic E-state index is 12.2. The Morgan fingerprint density at radius 1 is 1.40 bits per heavy atom. The van der Waals surface area contributed by atoms with Crippen LogP contribution in [0.4, 0.5) is 5.69 Å². The molecule has 0 heterocycles. The predicted molar refractivity (Wildman–Crippen MR) is 81.5 cm³/mol. The summed E-state index contributed by atoms with van der Waals surface area (Å²) in [6.45, 7) is 4.25. The van der Waals surface area contributed by atoms with E-state index in [1.54, 1.807) is 0 Å². The van der Waals surface area contributed by atoms with Crippen molar-refractivity contribution in [3.63, 3.8) is 0 Å². The lowest BCUT2D eigenvalue weighted by Crippen LogP contribution is -2.21. The van der Waals surface area contributed by atoms with Crippen molar-refractivity contribution >= 4 is 11.6 Å². The fraction of sp³-hybridized carbons (Fsp3) is 0.588. The number of hydrogen-bond acceptors (Lipinski definition) is 2. The molecule has 1 fully saturated rings. The number of benzene rings is 1. The molecule has 2 unspecified atom stereocenters. The molecule has 0 saturated heterocycles. The average molecular weight is 275 g/mol. The Balaban J connectivity index is 1.94. The van der Waals surface area contributed by atoms with Gasteiger partial charge in [0, 0.05) is 12.1 Å². The first-order chi connectivity index (χ1) is 9.58. The number of amides is 1. The highest BCUT2D eigenvalue weighted by molar-refractivity contribution is 5.91. The molecular weight excluding hydrogens is 250 g/mol. The Bertz CT molecular complexity index is 470. The molecule has 1 aromatic carbocycles. The third-order valence-electron chi connectivity index (χ3n) is 4.28. The highest BCUT2D eigenvalue weighted by Crippen LogP contribution is 2.31. The highest BCUT2D eigenvalue weighted by Gasteiger charge is 2.21. The molecule has 2 N–H and O–H groups in total. The van der Waals surface area contributed by atoms with Gasteiger partial charge in [0.25, 0.3) is 0 Å². The topological polar surface area (TPSA) is 49.3 Å². The second-order valence-electron chi connectivity index (χ2n) is 6.20. The second-order valence-corrected chi connectivity index (χ2v) is 6.20. The lowest BCUT2D eigenvalue weighted by molar-refractivity contribution is -0.117. The molecule has 1 aliphatic rings. The van der Waals surface area contributed by atoms with Gasteiger partial charge in [0.2, 0.25) is 5.91 Å². The van der Waals surface area contributed by atoms with Crippen LogP contribution in [-0.2, 0) is 11.4 Å². The molecule has 1 amide bonds. The smallest absolute Gasteiger partial charge is 0.224 e. The number of aliphatic hydroxyl groups excluding tert-OH is 1. The van der Waals surface area contributed by atoms with Crippen molar-refractivity contribution in [2.45, 2.75) is 52.6 Å². The van der Waals surface area contributed by atoms with Gasteiger partial charge in [-0.1, -0.05) is 31.9 Å². The predicted octanol–water partition coefficient (Wildman–Crippen LogP) is 3.64. The summed E-state index contributed by atoms with van der Waals surface area (Å²) >= 11 is 0. The van der Waals surface area contributed by atoms with Crippen molar-refractivity contribution in [2.75, 3.05) is 5.32 Å². The summed E-state index contributed by atoms with van der Waals surface area (Å²) in [7, 11) is 0. The van der Waals surface area contributed by atoms with Crippen LogP contribution in [-0.4, -0.2) is 11.0 Å². The van der Waals surface area contributed by atoms with Crippen LogP contribution in [0, 0.1) is 18.8 Å². The first-order valence-corrected chi connectivity index (χ1v) is 7.58. The molecule has 0 radical (unpaired) electrons. The van der Waals surface area contributed by atoms with Crippen LogP contribution in [0.25, 0.3) is 0 Å². The number of nitrogens with one attached hydrogen (secondary N) is 1. The van der Waals surface area contributed by atoms with Crippen LogP contribution >= 0.6 is 0 Å². The van der Waals surface area contributed by atoms with E-state index in [2.05, 4.69) is 12.2 Å². The number of aryl methyl sites for hydroxylation is 1. The molecular formula is C17H25NO2. The SMILES string of the molecule is Cc1ccc(CO)cc1NC(=O)CC1CCCC(C)C1. The molecule has 1 aromatic rings. The largest absolute Gasteiger partial charge is 0.392 e. The second kappa shape index (κ2) is 6.89. The van der Waals surface area contributed by atoms with E-state index in [0.29, 0.717) is 12.3 Å². The zero-order valence-electron chi connectivity index (χ0n) is 12.5.